The van der Waals surface area contributed by atoms with Gasteiger partial charge in [-0.05, 0) is 13.8 Å². The van der Waals surface area contributed by atoms with Crippen LogP contribution in [0.1, 0.15) is 13.8 Å². The van der Waals surface area contributed by atoms with Crippen molar-refractivity contribution in [3.8, 4) is 6.26 Å². The van der Waals surface area contributed by atoms with Gasteiger partial charge in [0.15, 0.2) is 0 Å². The number of nitrogens with zero attached hydrogens (tertiary/aromatic N) is 1. The normalized spacial score (nSPS) is 16.2. The Balaban J connectivity index is 3.35. The molecular formula is C5H9NO2. The molecule has 3 nitrogen and oxygen atoms in total. The lowest BCUT2D eigenvalue weighted by molar-refractivity contribution is 0.0402. The third-order valence-electron chi connectivity index (χ3n) is 0.918. The van der Waals surface area contributed by atoms with Gasteiger partial charge in [0.25, 0.3) is 6.26 Å². The third kappa shape index (κ3) is 2.43. The van der Waals surface area contributed by atoms with Gasteiger partial charge in [0.1, 0.15) is 6.10 Å². The second kappa shape index (κ2) is 3.28. The number of aliphatic hydroxyl groups excluding tert-OH is 1. The molecule has 0 spiro atoms. The molecule has 0 rings (SSSR count). The van der Waals surface area contributed by atoms with E-state index in [9.17, 15) is 0 Å². The van der Waals surface area contributed by atoms with Crippen LogP contribution in [-0.4, -0.2) is 17.3 Å². The molecular weight excluding hydrogens is 106 g/mol. The molecule has 0 aliphatic rings. The lowest BCUT2D eigenvalue weighted by Crippen LogP contribution is -2.20. The fourth-order valence-corrected chi connectivity index (χ4v) is 0.182. The van der Waals surface area contributed by atoms with Crippen LogP contribution < -0.4 is 0 Å². The number of aliphatic hydroxyl groups is 1. The van der Waals surface area contributed by atoms with Crippen molar-refractivity contribution in [3.05, 3.63) is 0 Å². The lowest BCUT2D eigenvalue weighted by atomic mass is 10.3. The van der Waals surface area contributed by atoms with Gasteiger partial charge in [-0.15, -0.1) is 0 Å². The van der Waals surface area contributed by atoms with Crippen LogP contribution in [0.4, 0.5) is 0 Å². The highest BCUT2D eigenvalue weighted by Gasteiger charge is 2.07. The predicted octanol–water partition coefficient (Wildman–Crippen LogP) is 0.253. The van der Waals surface area contributed by atoms with Gasteiger partial charge in [0.2, 0.25) is 0 Å². The topological polar surface area (TPSA) is 53.2 Å². The largest absolute Gasteiger partial charge is 0.422 e. The maximum atomic E-state index is 8.68. The lowest BCUT2D eigenvalue weighted by Gasteiger charge is -2.09. The van der Waals surface area contributed by atoms with Crippen molar-refractivity contribution in [1.82, 2.24) is 0 Å². The zero-order valence-corrected chi connectivity index (χ0v) is 4.96. The van der Waals surface area contributed by atoms with Crippen LogP contribution in [0.5, 0.6) is 0 Å². The summed E-state index contributed by atoms with van der Waals surface area (Å²) >= 11 is 0. The molecule has 3 heteroatoms. The van der Waals surface area contributed by atoms with Crippen molar-refractivity contribution in [2.75, 3.05) is 0 Å². The van der Waals surface area contributed by atoms with Crippen LogP contribution in [0.25, 0.3) is 0 Å². The number of ether oxygens (including phenoxy) is 1. The summed E-state index contributed by atoms with van der Waals surface area (Å²) < 4.78 is 4.36. The Morgan fingerprint density at radius 3 is 2.25 bits per heavy atom. The van der Waals surface area contributed by atoms with Gasteiger partial charge in [0.05, 0.1) is 6.10 Å². The molecule has 2 atom stereocenters. The number of nitriles is 1. The first-order chi connectivity index (χ1) is 3.68. The van der Waals surface area contributed by atoms with Crippen molar-refractivity contribution in [2.45, 2.75) is 26.1 Å². The summed E-state index contributed by atoms with van der Waals surface area (Å²) in [4.78, 5) is 0. The van der Waals surface area contributed by atoms with E-state index in [1.165, 1.54) is 6.26 Å². The Kier molecular flexibility index (Phi) is 2.97. The second-order valence-corrected chi connectivity index (χ2v) is 1.65. The zero-order valence-electron chi connectivity index (χ0n) is 4.96. The highest BCUT2D eigenvalue weighted by Crippen LogP contribution is 1.94. The number of hydrogen-bond donors (Lipinski definition) is 1. The molecule has 0 amide bonds. The van der Waals surface area contributed by atoms with Crippen molar-refractivity contribution in [2.24, 2.45) is 0 Å². The Hall–Kier alpha value is -0.750. The van der Waals surface area contributed by atoms with Crippen LogP contribution in [0.2, 0.25) is 0 Å². The van der Waals surface area contributed by atoms with E-state index in [2.05, 4.69) is 4.74 Å². The van der Waals surface area contributed by atoms with Gasteiger partial charge in [-0.2, -0.15) is 5.26 Å². The zero-order chi connectivity index (χ0) is 6.57. The summed E-state index contributed by atoms with van der Waals surface area (Å²) in [7, 11) is 0. The Labute approximate surface area is 48.5 Å². The van der Waals surface area contributed by atoms with E-state index in [4.69, 9.17) is 10.4 Å². The summed E-state index contributed by atoms with van der Waals surface area (Å²) in [5.41, 5.74) is 0. The minimum absolute atomic E-state index is 0.389. The third-order valence-corrected chi connectivity index (χ3v) is 0.918. The highest BCUT2D eigenvalue weighted by atomic mass is 16.5. The second-order valence-electron chi connectivity index (χ2n) is 1.65. The van der Waals surface area contributed by atoms with Crippen molar-refractivity contribution in [1.29, 1.82) is 5.26 Å². The van der Waals surface area contributed by atoms with Crippen LogP contribution in [0.15, 0.2) is 0 Å². The molecule has 0 aromatic heterocycles. The molecule has 0 aromatic carbocycles. The summed E-state index contributed by atoms with van der Waals surface area (Å²) in [5, 5.41) is 16.6. The van der Waals surface area contributed by atoms with Crippen LogP contribution in [-0.2, 0) is 4.74 Å². The van der Waals surface area contributed by atoms with E-state index in [0.717, 1.165) is 0 Å². The number of rotatable bonds is 2. The molecule has 0 fully saturated rings. The van der Waals surface area contributed by atoms with E-state index in [0.29, 0.717) is 0 Å². The van der Waals surface area contributed by atoms with Crippen molar-refractivity contribution < 1.29 is 9.84 Å². The minimum Gasteiger partial charge on any atom is -0.422 e. The fraction of sp³-hybridized carbons (Fsp3) is 0.800. The Morgan fingerprint density at radius 1 is 1.62 bits per heavy atom. The molecule has 46 valence electrons. The highest BCUT2D eigenvalue weighted by molar-refractivity contribution is 4.62. The molecule has 0 saturated carbocycles. The van der Waals surface area contributed by atoms with E-state index in [1.807, 2.05) is 0 Å². The minimum atomic E-state index is -0.574. The van der Waals surface area contributed by atoms with E-state index >= 15 is 0 Å². The van der Waals surface area contributed by atoms with Gasteiger partial charge in [-0.25, -0.2) is 0 Å². The summed E-state index contributed by atoms with van der Waals surface area (Å²) in [6, 6.07) is 0. The molecule has 0 bridgehead atoms. The van der Waals surface area contributed by atoms with E-state index in [-0.39, 0.29) is 6.10 Å². The van der Waals surface area contributed by atoms with E-state index in [1.54, 1.807) is 13.8 Å². The maximum absolute atomic E-state index is 8.68. The molecule has 8 heavy (non-hydrogen) atoms. The Morgan fingerprint density at radius 2 is 2.12 bits per heavy atom. The quantitative estimate of drug-likeness (QED) is 0.525. The molecule has 0 saturated heterocycles. The van der Waals surface area contributed by atoms with Gasteiger partial charge in [-0.1, -0.05) is 0 Å². The van der Waals surface area contributed by atoms with Crippen LogP contribution in [0, 0.1) is 11.5 Å². The maximum Gasteiger partial charge on any atom is 0.286 e. The monoisotopic (exact) mass is 115 g/mol. The standard InChI is InChI=1S/C5H9NO2/c1-4(7)5(2)8-3-6/h4-5,7H,1-2H3/t4?,5-/m0/s1. The van der Waals surface area contributed by atoms with Crippen molar-refractivity contribution in [3.63, 3.8) is 0 Å². The van der Waals surface area contributed by atoms with Crippen molar-refractivity contribution >= 4 is 0 Å². The summed E-state index contributed by atoms with van der Waals surface area (Å²) in [6.45, 7) is 3.20. The fourth-order valence-electron chi connectivity index (χ4n) is 0.182. The van der Waals surface area contributed by atoms with Crippen LogP contribution >= 0.6 is 0 Å². The SMILES string of the molecule is CC(O)[C@H](C)OC#N. The number of hydrogen-bond acceptors (Lipinski definition) is 3. The van der Waals surface area contributed by atoms with Gasteiger partial charge in [-0.3, -0.25) is 0 Å². The summed E-state index contributed by atoms with van der Waals surface area (Å²) in [6.07, 6.45) is 0.526. The Bertz CT molecular complexity index is 95.1. The van der Waals surface area contributed by atoms with Gasteiger partial charge in [0, 0.05) is 0 Å². The smallest absolute Gasteiger partial charge is 0.286 e. The first-order valence-electron chi connectivity index (χ1n) is 2.41. The molecule has 1 unspecified atom stereocenters. The molecule has 0 heterocycles. The first-order valence-corrected chi connectivity index (χ1v) is 2.41. The molecule has 1 N–H and O–H groups in total. The molecule has 0 aliphatic carbocycles. The van der Waals surface area contributed by atoms with E-state index < -0.39 is 6.10 Å². The summed E-state index contributed by atoms with van der Waals surface area (Å²) in [5.74, 6) is 0. The van der Waals surface area contributed by atoms with Gasteiger partial charge < -0.3 is 9.84 Å². The average molecular weight is 115 g/mol. The van der Waals surface area contributed by atoms with Crippen LogP contribution in [0.3, 0.4) is 0 Å². The molecule has 0 aromatic rings. The molecule has 0 radical (unpaired) electrons. The average Bonchev–Trinajstić information content (AvgIpc) is 1.67. The predicted molar refractivity (Wildman–Crippen MR) is 27.8 cm³/mol. The molecule has 0 aliphatic heterocycles. The first kappa shape index (κ1) is 7.25. The van der Waals surface area contributed by atoms with Gasteiger partial charge >= 0.3 is 0 Å².